The molecule has 164 valence electrons. The predicted molar refractivity (Wildman–Crippen MR) is 115 cm³/mol. The van der Waals surface area contributed by atoms with E-state index in [0.717, 1.165) is 23.3 Å². The lowest BCUT2D eigenvalue weighted by atomic mass is 10.1. The van der Waals surface area contributed by atoms with Gasteiger partial charge in [0.25, 0.3) is 5.91 Å². The molecule has 0 aliphatic rings. The van der Waals surface area contributed by atoms with Gasteiger partial charge in [0.05, 0.1) is 11.1 Å². The Bertz CT molecular complexity index is 1340. The van der Waals surface area contributed by atoms with Crippen molar-refractivity contribution >= 4 is 22.5 Å². The molecule has 0 unspecified atom stereocenters. The first-order valence-corrected chi connectivity index (χ1v) is 9.78. The van der Waals surface area contributed by atoms with Crippen molar-refractivity contribution in [2.45, 2.75) is 20.0 Å². The van der Waals surface area contributed by atoms with Gasteiger partial charge in [0.1, 0.15) is 0 Å². The second-order valence-corrected chi connectivity index (χ2v) is 7.66. The first-order valence-electron chi connectivity index (χ1n) is 9.78. The summed E-state index contributed by atoms with van der Waals surface area (Å²) in [5.74, 6) is 0.169. The van der Waals surface area contributed by atoms with Crippen LogP contribution in [0, 0.1) is 13.8 Å². The van der Waals surface area contributed by atoms with Crippen LogP contribution in [0.4, 0.5) is 18.9 Å². The number of carbonyl (C=O) groups is 1. The van der Waals surface area contributed by atoms with Crippen molar-refractivity contribution in [1.29, 1.82) is 0 Å². The van der Waals surface area contributed by atoms with E-state index < -0.39 is 11.7 Å². The number of benzene rings is 2. The fourth-order valence-electron chi connectivity index (χ4n) is 3.61. The molecule has 0 radical (unpaired) electrons. The molecule has 1 amide bonds. The lowest BCUT2D eigenvalue weighted by Crippen LogP contribution is -2.28. The second kappa shape index (κ2) is 7.74. The van der Waals surface area contributed by atoms with Crippen LogP contribution in [0.15, 0.2) is 48.8 Å². The van der Waals surface area contributed by atoms with Crippen LogP contribution in [0.3, 0.4) is 0 Å². The van der Waals surface area contributed by atoms with Gasteiger partial charge in [0, 0.05) is 48.7 Å². The third-order valence-electron chi connectivity index (χ3n) is 5.24. The number of anilines is 1. The molecule has 32 heavy (non-hydrogen) atoms. The average Bonchev–Trinajstić information content (AvgIpc) is 3.09. The molecule has 0 spiro atoms. The number of hydrogen-bond acceptors (Lipinski definition) is 4. The van der Waals surface area contributed by atoms with Gasteiger partial charge in [-0.15, -0.1) is 0 Å². The number of carbonyl (C=O) groups excluding carboxylic acids is 1. The van der Waals surface area contributed by atoms with Crippen LogP contribution in [0.25, 0.3) is 22.3 Å². The zero-order valence-electron chi connectivity index (χ0n) is 17.9. The van der Waals surface area contributed by atoms with Gasteiger partial charge in [0.15, 0.2) is 11.5 Å². The van der Waals surface area contributed by atoms with Gasteiger partial charge < -0.3 is 4.90 Å². The topological polar surface area (TPSA) is 63.9 Å². The average molecular weight is 439 g/mol. The minimum absolute atomic E-state index is 0.221. The third-order valence-corrected chi connectivity index (χ3v) is 5.24. The maximum absolute atomic E-state index is 12.9. The van der Waals surface area contributed by atoms with Crippen LogP contribution in [0.5, 0.6) is 0 Å². The van der Waals surface area contributed by atoms with E-state index in [-0.39, 0.29) is 5.91 Å². The number of hydrogen-bond donors (Lipinski definition) is 0. The van der Waals surface area contributed by atoms with E-state index in [1.807, 2.05) is 19.9 Å². The van der Waals surface area contributed by atoms with Crippen molar-refractivity contribution < 1.29 is 18.0 Å². The predicted octanol–water partition coefficient (Wildman–Crippen LogP) is 4.94. The van der Waals surface area contributed by atoms with Gasteiger partial charge in [-0.1, -0.05) is 0 Å². The number of aryl methyl sites for hydroxylation is 3. The normalized spacial score (nSPS) is 11.7. The van der Waals surface area contributed by atoms with Crippen molar-refractivity contribution in [2.24, 2.45) is 7.05 Å². The van der Waals surface area contributed by atoms with Gasteiger partial charge in [-0.3, -0.25) is 9.48 Å². The fourth-order valence-corrected chi connectivity index (χ4v) is 3.61. The molecule has 0 N–H and O–H groups in total. The summed E-state index contributed by atoms with van der Waals surface area (Å²) in [4.78, 5) is 23.1. The Kier molecular flexibility index (Phi) is 5.20. The summed E-state index contributed by atoms with van der Waals surface area (Å²) in [5, 5.41) is 4.55. The number of nitrogens with zero attached hydrogens (tertiary/aromatic N) is 5. The molecular weight excluding hydrogens is 419 g/mol. The van der Waals surface area contributed by atoms with Crippen molar-refractivity contribution in [2.75, 3.05) is 11.9 Å². The Labute approximate surface area is 182 Å². The Morgan fingerprint density at radius 2 is 1.81 bits per heavy atom. The lowest BCUT2D eigenvalue weighted by Gasteiger charge is -2.19. The van der Waals surface area contributed by atoms with Crippen LogP contribution >= 0.6 is 0 Å². The van der Waals surface area contributed by atoms with Gasteiger partial charge in [-0.25, -0.2) is 9.97 Å². The molecule has 0 aliphatic heterocycles. The molecule has 2 aromatic heterocycles. The first kappa shape index (κ1) is 21.5. The Morgan fingerprint density at radius 3 is 2.44 bits per heavy atom. The molecule has 0 saturated carbocycles. The van der Waals surface area contributed by atoms with Crippen molar-refractivity contribution in [3.63, 3.8) is 0 Å². The fraction of sp³-hybridized carbons (Fsp3) is 0.217. The standard InChI is InChI=1S/C23H20F3N5O/c1-13-9-15(5-8-19(13)31(4)22(32)20-14(2)12-30(3)29-20)21-27-11-16-10-17(23(24,25)26)6-7-18(16)28-21/h5-12H,1-4H3. The zero-order chi connectivity index (χ0) is 23.2. The molecule has 0 fully saturated rings. The maximum atomic E-state index is 12.9. The van der Waals surface area contributed by atoms with E-state index in [4.69, 9.17) is 0 Å². The zero-order valence-corrected chi connectivity index (χ0v) is 17.9. The molecule has 0 atom stereocenters. The molecule has 4 rings (SSSR count). The van der Waals surface area contributed by atoms with Crippen molar-refractivity contribution in [3.8, 4) is 11.4 Å². The minimum atomic E-state index is -4.42. The summed E-state index contributed by atoms with van der Waals surface area (Å²) in [6, 6.07) is 8.80. The van der Waals surface area contributed by atoms with Crippen LogP contribution in [-0.2, 0) is 13.2 Å². The summed E-state index contributed by atoms with van der Waals surface area (Å²) in [6.07, 6.45) is -1.25. The summed E-state index contributed by atoms with van der Waals surface area (Å²) in [7, 11) is 3.44. The largest absolute Gasteiger partial charge is 0.416 e. The second-order valence-electron chi connectivity index (χ2n) is 7.66. The smallest absolute Gasteiger partial charge is 0.310 e. The van der Waals surface area contributed by atoms with E-state index in [9.17, 15) is 18.0 Å². The SMILES string of the molecule is Cc1cc(-c2ncc3cc(C(F)(F)F)ccc3n2)ccc1N(C)C(=O)c1nn(C)cc1C. The van der Waals surface area contributed by atoms with Gasteiger partial charge >= 0.3 is 6.18 Å². The van der Waals surface area contributed by atoms with Crippen molar-refractivity contribution in [1.82, 2.24) is 19.7 Å². The van der Waals surface area contributed by atoms with Crippen molar-refractivity contribution in [3.05, 3.63) is 71.2 Å². The number of fused-ring (bicyclic) bond motifs is 1. The molecule has 0 saturated heterocycles. The van der Waals surface area contributed by atoms with Crippen LogP contribution < -0.4 is 4.90 Å². The molecule has 4 aromatic rings. The van der Waals surface area contributed by atoms with E-state index in [0.29, 0.717) is 33.7 Å². The van der Waals surface area contributed by atoms with E-state index >= 15 is 0 Å². The Balaban J connectivity index is 1.64. The molecule has 9 heteroatoms. The number of aromatic nitrogens is 4. The summed E-state index contributed by atoms with van der Waals surface area (Å²) in [6.45, 7) is 3.70. The summed E-state index contributed by atoms with van der Waals surface area (Å²) < 4.78 is 40.4. The molecule has 2 heterocycles. The number of alkyl halides is 3. The van der Waals surface area contributed by atoms with Crippen LogP contribution in [-0.4, -0.2) is 32.7 Å². The first-order chi connectivity index (χ1) is 15.0. The molecular formula is C23H20F3N5O. The molecule has 2 aromatic carbocycles. The van der Waals surface area contributed by atoms with Gasteiger partial charge in [-0.05, 0) is 55.8 Å². The lowest BCUT2D eigenvalue weighted by molar-refractivity contribution is -0.137. The number of halogens is 3. The van der Waals surface area contributed by atoms with Gasteiger partial charge in [0.2, 0.25) is 0 Å². The number of amides is 1. The van der Waals surface area contributed by atoms with E-state index in [2.05, 4.69) is 15.1 Å². The molecule has 0 bridgehead atoms. The maximum Gasteiger partial charge on any atom is 0.416 e. The van der Waals surface area contributed by atoms with Crippen LogP contribution in [0.1, 0.15) is 27.2 Å². The highest BCUT2D eigenvalue weighted by Gasteiger charge is 2.30. The summed E-state index contributed by atoms with van der Waals surface area (Å²) >= 11 is 0. The van der Waals surface area contributed by atoms with E-state index in [1.54, 1.807) is 37.1 Å². The Morgan fingerprint density at radius 1 is 1.06 bits per heavy atom. The molecule has 6 nitrogen and oxygen atoms in total. The molecule has 0 aliphatic carbocycles. The highest BCUT2D eigenvalue weighted by atomic mass is 19.4. The summed E-state index contributed by atoms with van der Waals surface area (Å²) in [5.41, 5.74) is 3.08. The van der Waals surface area contributed by atoms with Crippen LogP contribution in [0.2, 0.25) is 0 Å². The highest BCUT2D eigenvalue weighted by molar-refractivity contribution is 6.05. The third kappa shape index (κ3) is 3.93. The number of rotatable bonds is 3. The Hall–Kier alpha value is -3.75. The quantitative estimate of drug-likeness (QED) is 0.454. The highest BCUT2D eigenvalue weighted by Crippen LogP contribution is 2.32. The van der Waals surface area contributed by atoms with E-state index in [1.165, 1.54) is 17.2 Å². The minimum Gasteiger partial charge on any atom is -0.310 e. The monoisotopic (exact) mass is 439 g/mol. The van der Waals surface area contributed by atoms with Gasteiger partial charge in [-0.2, -0.15) is 18.3 Å².